The van der Waals surface area contributed by atoms with Crippen LogP contribution in [0.15, 0.2) is 30.3 Å². The SMILES string of the molecule is COCc1cc(COC)c2ccccc2n1. The van der Waals surface area contributed by atoms with E-state index in [-0.39, 0.29) is 0 Å². The maximum absolute atomic E-state index is 5.20. The molecule has 0 aliphatic heterocycles. The molecule has 1 aromatic carbocycles. The van der Waals surface area contributed by atoms with E-state index in [4.69, 9.17) is 9.47 Å². The second kappa shape index (κ2) is 5.05. The molecule has 0 aliphatic rings. The second-order valence-corrected chi connectivity index (χ2v) is 3.66. The van der Waals surface area contributed by atoms with E-state index >= 15 is 0 Å². The first-order valence-electron chi connectivity index (χ1n) is 5.20. The van der Waals surface area contributed by atoms with Crippen molar-refractivity contribution in [2.45, 2.75) is 13.2 Å². The minimum atomic E-state index is 0.529. The molecule has 84 valence electrons. The molecule has 0 atom stereocenters. The van der Waals surface area contributed by atoms with Crippen molar-refractivity contribution in [3.8, 4) is 0 Å². The molecule has 0 saturated heterocycles. The standard InChI is InChI=1S/C13H15NO2/c1-15-8-10-7-11(9-16-2)14-13-6-4-3-5-12(10)13/h3-7H,8-9H2,1-2H3. The van der Waals surface area contributed by atoms with Crippen molar-refractivity contribution in [2.24, 2.45) is 0 Å². The number of rotatable bonds is 4. The number of nitrogens with zero attached hydrogens (tertiary/aromatic N) is 1. The van der Waals surface area contributed by atoms with Gasteiger partial charge in [0, 0.05) is 19.6 Å². The minimum absolute atomic E-state index is 0.529. The Labute approximate surface area is 95.0 Å². The predicted octanol–water partition coefficient (Wildman–Crippen LogP) is 2.53. The van der Waals surface area contributed by atoms with Crippen molar-refractivity contribution in [3.05, 3.63) is 41.6 Å². The van der Waals surface area contributed by atoms with E-state index in [1.807, 2.05) is 24.3 Å². The Morgan fingerprint density at radius 1 is 1.06 bits per heavy atom. The number of fused-ring (bicyclic) bond motifs is 1. The molecular formula is C13H15NO2. The molecule has 1 aromatic heterocycles. The number of methoxy groups -OCH3 is 2. The molecular weight excluding hydrogens is 202 g/mol. The van der Waals surface area contributed by atoms with Crippen molar-refractivity contribution in [1.29, 1.82) is 0 Å². The molecule has 0 unspecified atom stereocenters. The zero-order valence-electron chi connectivity index (χ0n) is 9.56. The van der Waals surface area contributed by atoms with Crippen molar-refractivity contribution in [2.75, 3.05) is 14.2 Å². The van der Waals surface area contributed by atoms with Crippen LogP contribution in [0.25, 0.3) is 10.9 Å². The van der Waals surface area contributed by atoms with Gasteiger partial charge in [0.05, 0.1) is 24.4 Å². The number of benzene rings is 1. The van der Waals surface area contributed by atoms with E-state index in [2.05, 4.69) is 11.1 Å². The Bertz CT molecular complexity index is 482. The molecule has 16 heavy (non-hydrogen) atoms. The van der Waals surface area contributed by atoms with E-state index in [0.29, 0.717) is 13.2 Å². The summed E-state index contributed by atoms with van der Waals surface area (Å²) in [5.41, 5.74) is 3.08. The van der Waals surface area contributed by atoms with Gasteiger partial charge < -0.3 is 9.47 Å². The summed E-state index contributed by atoms with van der Waals surface area (Å²) < 4.78 is 10.3. The van der Waals surface area contributed by atoms with Crippen LogP contribution in [0.2, 0.25) is 0 Å². The zero-order valence-corrected chi connectivity index (χ0v) is 9.56. The first-order valence-corrected chi connectivity index (χ1v) is 5.20. The van der Waals surface area contributed by atoms with Crippen LogP contribution in [0.5, 0.6) is 0 Å². The molecule has 1 heterocycles. The highest BCUT2D eigenvalue weighted by molar-refractivity contribution is 5.82. The van der Waals surface area contributed by atoms with Crippen LogP contribution in [-0.4, -0.2) is 19.2 Å². The normalized spacial score (nSPS) is 10.9. The highest BCUT2D eigenvalue weighted by atomic mass is 16.5. The molecule has 2 rings (SSSR count). The van der Waals surface area contributed by atoms with Crippen molar-refractivity contribution in [1.82, 2.24) is 4.98 Å². The number of hydrogen-bond acceptors (Lipinski definition) is 3. The summed E-state index contributed by atoms with van der Waals surface area (Å²) in [6, 6.07) is 10.1. The lowest BCUT2D eigenvalue weighted by Gasteiger charge is -2.08. The highest BCUT2D eigenvalue weighted by Crippen LogP contribution is 2.19. The van der Waals surface area contributed by atoms with Gasteiger partial charge >= 0.3 is 0 Å². The van der Waals surface area contributed by atoms with Crippen LogP contribution < -0.4 is 0 Å². The summed E-state index contributed by atoms with van der Waals surface area (Å²) in [7, 11) is 3.37. The maximum atomic E-state index is 5.20. The number of para-hydroxylation sites is 1. The third-order valence-corrected chi connectivity index (χ3v) is 2.45. The Balaban J connectivity index is 2.54. The molecule has 0 spiro atoms. The molecule has 0 amide bonds. The molecule has 0 N–H and O–H groups in total. The third-order valence-electron chi connectivity index (χ3n) is 2.45. The fraction of sp³-hybridized carbons (Fsp3) is 0.308. The lowest BCUT2D eigenvalue weighted by Crippen LogP contribution is -1.98. The summed E-state index contributed by atoms with van der Waals surface area (Å²) in [4.78, 5) is 4.53. The lowest BCUT2D eigenvalue weighted by atomic mass is 10.1. The number of pyridine rings is 1. The smallest absolute Gasteiger partial charge is 0.0884 e. The molecule has 0 aliphatic carbocycles. The summed E-state index contributed by atoms with van der Waals surface area (Å²) >= 11 is 0. The zero-order chi connectivity index (χ0) is 11.4. The minimum Gasteiger partial charge on any atom is -0.380 e. The first-order chi connectivity index (χ1) is 7.85. The van der Waals surface area contributed by atoms with Gasteiger partial charge in [-0.2, -0.15) is 0 Å². The van der Waals surface area contributed by atoms with Crippen LogP contribution in [0.1, 0.15) is 11.3 Å². The molecule has 3 nitrogen and oxygen atoms in total. The van der Waals surface area contributed by atoms with Crippen LogP contribution in [0.4, 0.5) is 0 Å². The molecule has 0 saturated carbocycles. The summed E-state index contributed by atoms with van der Waals surface area (Å²) in [5.74, 6) is 0. The van der Waals surface area contributed by atoms with Gasteiger partial charge in [0.25, 0.3) is 0 Å². The van der Waals surface area contributed by atoms with E-state index in [1.54, 1.807) is 14.2 Å². The number of ether oxygens (including phenoxy) is 2. The van der Waals surface area contributed by atoms with Gasteiger partial charge in [-0.1, -0.05) is 18.2 Å². The first kappa shape index (κ1) is 11.0. The van der Waals surface area contributed by atoms with Gasteiger partial charge in [-0.25, -0.2) is 0 Å². The monoisotopic (exact) mass is 217 g/mol. The van der Waals surface area contributed by atoms with Crippen molar-refractivity contribution in [3.63, 3.8) is 0 Å². The molecule has 3 heteroatoms. The predicted molar refractivity (Wildman–Crippen MR) is 63.2 cm³/mol. The van der Waals surface area contributed by atoms with Gasteiger partial charge in [-0.05, 0) is 17.7 Å². The van der Waals surface area contributed by atoms with Gasteiger partial charge in [0.1, 0.15) is 0 Å². The molecule has 0 fully saturated rings. The average molecular weight is 217 g/mol. The van der Waals surface area contributed by atoms with Crippen LogP contribution in [0, 0.1) is 0 Å². The van der Waals surface area contributed by atoms with Crippen molar-refractivity contribution >= 4 is 10.9 Å². The Hall–Kier alpha value is -1.45. The van der Waals surface area contributed by atoms with Gasteiger partial charge in [0.2, 0.25) is 0 Å². The fourth-order valence-corrected chi connectivity index (χ4v) is 1.81. The van der Waals surface area contributed by atoms with E-state index < -0.39 is 0 Å². The third kappa shape index (κ3) is 2.21. The topological polar surface area (TPSA) is 31.4 Å². The van der Waals surface area contributed by atoms with Crippen LogP contribution in [0.3, 0.4) is 0 Å². The maximum Gasteiger partial charge on any atom is 0.0884 e. The van der Waals surface area contributed by atoms with Crippen LogP contribution in [-0.2, 0) is 22.7 Å². The average Bonchev–Trinajstić information content (AvgIpc) is 2.30. The van der Waals surface area contributed by atoms with Crippen LogP contribution >= 0.6 is 0 Å². The van der Waals surface area contributed by atoms with Gasteiger partial charge in [-0.15, -0.1) is 0 Å². The molecule has 0 radical (unpaired) electrons. The Morgan fingerprint density at radius 2 is 1.81 bits per heavy atom. The highest BCUT2D eigenvalue weighted by Gasteiger charge is 2.04. The molecule has 2 aromatic rings. The summed E-state index contributed by atoms with van der Waals surface area (Å²) in [6.07, 6.45) is 0. The fourth-order valence-electron chi connectivity index (χ4n) is 1.81. The van der Waals surface area contributed by atoms with Gasteiger partial charge in [0.15, 0.2) is 0 Å². The van der Waals surface area contributed by atoms with E-state index in [0.717, 1.165) is 22.2 Å². The summed E-state index contributed by atoms with van der Waals surface area (Å²) in [5, 5.41) is 1.14. The number of hydrogen-bond donors (Lipinski definition) is 0. The Morgan fingerprint density at radius 3 is 2.56 bits per heavy atom. The Kier molecular flexibility index (Phi) is 3.49. The van der Waals surface area contributed by atoms with Gasteiger partial charge in [-0.3, -0.25) is 4.98 Å². The lowest BCUT2D eigenvalue weighted by molar-refractivity contribution is 0.178. The quantitative estimate of drug-likeness (QED) is 0.788. The second-order valence-electron chi connectivity index (χ2n) is 3.66. The number of aromatic nitrogens is 1. The largest absolute Gasteiger partial charge is 0.380 e. The summed E-state index contributed by atoms with van der Waals surface area (Å²) in [6.45, 7) is 1.13. The van der Waals surface area contributed by atoms with E-state index in [1.165, 1.54) is 0 Å². The van der Waals surface area contributed by atoms with E-state index in [9.17, 15) is 0 Å². The van der Waals surface area contributed by atoms with Crippen molar-refractivity contribution < 1.29 is 9.47 Å². The molecule has 0 bridgehead atoms.